The van der Waals surface area contributed by atoms with E-state index < -0.39 is 9.05 Å². The van der Waals surface area contributed by atoms with Gasteiger partial charge in [-0.1, -0.05) is 26.7 Å². The molecule has 1 aromatic rings. The van der Waals surface area contributed by atoms with Gasteiger partial charge < -0.3 is 4.74 Å². The van der Waals surface area contributed by atoms with Gasteiger partial charge in [0.2, 0.25) is 0 Å². The molecule has 1 saturated carbocycles. The van der Waals surface area contributed by atoms with Crippen molar-refractivity contribution in [2.45, 2.75) is 57.1 Å². The smallest absolute Gasteiger partial charge is 0.264 e. The fraction of sp³-hybridized carbons (Fsp3) is 0.769. The molecule has 0 atom stereocenters. The highest BCUT2D eigenvalue weighted by atomic mass is 35.7. The molecule has 1 aliphatic rings. The average molecular weight is 321 g/mol. The molecule has 1 fully saturated rings. The lowest BCUT2D eigenvalue weighted by molar-refractivity contribution is 0.0928. The van der Waals surface area contributed by atoms with Gasteiger partial charge >= 0.3 is 0 Å². The van der Waals surface area contributed by atoms with E-state index in [1.165, 1.54) is 0 Å². The fourth-order valence-electron chi connectivity index (χ4n) is 2.46. The molecular weight excluding hydrogens is 300 g/mol. The summed E-state index contributed by atoms with van der Waals surface area (Å²) >= 11 is 0. The van der Waals surface area contributed by atoms with Crippen molar-refractivity contribution in [3.8, 4) is 0 Å². The third kappa shape index (κ3) is 3.96. The Morgan fingerprint density at radius 3 is 2.65 bits per heavy atom. The first-order chi connectivity index (χ1) is 9.38. The van der Waals surface area contributed by atoms with Crippen molar-refractivity contribution in [2.75, 3.05) is 6.61 Å². The zero-order valence-electron chi connectivity index (χ0n) is 11.9. The number of nitrogens with zero attached hydrogens (tertiary/aromatic N) is 2. The molecule has 0 unspecified atom stereocenters. The molecule has 0 N–H and O–H groups in total. The topological polar surface area (TPSA) is 61.2 Å². The van der Waals surface area contributed by atoms with E-state index in [1.807, 2.05) is 13.8 Å². The summed E-state index contributed by atoms with van der Waals surface area (Å²) in [6.45, 7) is 4.82. The molecule has 0 saturated heterocycles. The number of hydrogen-bond acceptors (Lipinski definition) is 4. The van der Waals surface area contributed by atoms with Crippen molar-refractivity contribution >= 4 is 19.7 Å². The van der Waals surface area contributed by atoms with E-state index in [0.717, 1.165) is 25.7 Å². The first kappa shape index (κ1) is 15.8. The van der Waals surface area contributed by atoms with E-state index in [0.29, 0.717) is 18.2 Å². The Labute approximate surface area is 124 Å². The van der Waals surface area contributed by atoms with E-state index in [2.05, 4.69) is 5.10 Å². The number of aromatic nitrogens is 2. The van der Waals surface area contributed by atoms with Crippen LogP contribution in [0.25, 0.3) is 0 Å². The SMILES string of the molecule is CC(C)COCc1nn(C2CCCC2)cc1S(=O)(=O)Cl. The lowest BCUT2D eigenvalue weighted by atomic mass is 10.2. The summed E-state index contributed by atoms with van der Waals surface area (Å²) in [6, 6.07) is 0.283. The molecule has 0 aliphatic heterocycles. The van der Waals surface area contributed by atoms with Crippen molar-refractivity contribution < 1.29 is 13.2 Å². The van der Waals surface area contributed by atoms with Crippen molar-refractivity contribution in [1.82, 2.24) is 9.78 Å². The molecule has 20 heavy (non-hydrogen) atoms. The third-order valence-corrected chi connectivity index (χ3v) is 4.79. The molecule has 0 bridgehead atoms. The summed E-state index contributed by atoms with van der Waals surface area (Å²) in [6.07, 6.45) is 5.94. The van der Waals surface area contributed by atoms with E-state index in [9.17, 15) is 8.42 Å². The average Bonchev–Trinajstić information content (AvgIpc) is 2.94. The van der Waals surface area contributed by atoms with Crippen LogP contribution < -0.4 is 0 Å². The summed E-state index contributed by atoms with van der Waals surface area (Å²) in [5, 5.41) is 4.38. The van der Waals surface area contributed by atoms with Crippen molar-refractivity contribution in [1.29, 1.82) is 0 Å². The van der Waals surface area contributed by atoms with Crippen LogP contribution in [0.15, 0.2) is 11.1 Å². The first-order valence-corrected chi connectivity index (χ1v) is 9.29. The summed E-state index contributed by atoms with van der Waals surface area (Å²) in [4.78, 5) is 0.0785. The maximum atomic E-state index is 11.6. The van der Waals surface area contributed by atoms with Crippen LogP contribution in [0.4, 0.5) is 0 Å². The van der Waals surface area contributed by atoms with Crippen LogP contribution in [0.2, 0.25) is 0 Å². The van der Waals surface area contributed by atoms with Crippen molar-refractivity contribution in [3.05, 3.63) is 11.9 Å². The minimum atomic E-state index is -3.78. The van der Waals surface area contributed by atoms with Crippen molar-refractivity contribution in [3.63, 3.8) is 0 Å². The van der Waals surface area contributed by atoms with Gasteiger partial charge in [-0.05, 0) is 18.8 Å². The monoisotopic (exact) mass is 320 g/mol. The maximum Gasteiger partial charge on any atom is 0.264 e. The van der Waals surface area contributed by atoms with Gasteiger partial charge in [-0.15, -0.1) is 0 Å². The van der Waals surface area contributed by atoms with Crippen LogP contribution in [0.5, 0.6) is 0 Å². The largest absolute Gasteiger partial charge is 0.375 e. The van der Waals surface area contributed by atoms with Crippen LogP contribution in [0.1, 0.15) is 51.3 Å². The molecule has 0 aromatic carbocycles. The predicted octanol–water partition coefficient (Wildman–Crippen LogP) is 3.10. The van der Waals surface area contributed by atoms with Gasteiger partial charge in [-0.3, -0.25) is 4.68 Å². The normalized spacial score (nSPS) is 17.2. The lowest BCUT2D eigenvalue weighted by Crippen LogP contribution is -2.07. The van der Waals surface area contributed by atoms with E-state index in [1.54, 1.807) is 10.9 Å². The van der Waals surface area contributed by atoms with Gasteiger partial charge in [0.1, 0.15) is 10.6 Å². The Balaban J connectivity index is 2.19. The number of halogens is 1. The second-order valence-electron chi connectivity index (χ2n) is 5.71. The molecule has 5 nitrogen and oxygen atoms in total. The number of hydrogen-bond donors (Lipinski definition) is 0. The zero-order chi connectivity index (χ0) is 14.8. The van der Waals surface area contributed by atoms with Gasteiger partial charge in [0.25, 0.3) is 9.05 Å². The summed E-state index contributed by atoms with van der Waals surface area (Å²) in [5.41, 5.74) is 0.410. The van der Waals surface area contributed by atoms with Crippen LogP contribution in [0, 0.1) is 5.92 Å². The standard InChI is InChI=1S/C13H21ClN2O3S/c1-10(2)8-19-9-12-13(20(14,17)18)7-16(15-12)11-5-3-4-6-11/h7,10-11H,3-6,8-9H2,1-2H3. The van der Waals surface area contributed by atoms with Crippen LogP contribution in [0.3, 0.4) is 0 Å². The van der Waals surface area contributed by atoms with E-state index in [-0.39, 0.29) is 17.5 Å². The van der Waals surface area contributed by atoms with Gasteiger partial charge in [-0.25, -0.2) is 8.42 Å². The van der Waals surface area contributed by atoms with E-state index in [4.69, 9.17) is 15.4 Å². The molecule has 1 aromatic heterocycles. The molecule has 114 valence electrons. The molecule has 0 radical (unpaired) electrons. The molecule has 7 heteroatoms. The van der Waals surface area contributed by atoms with Gasteiger partial charge in [0, 0.05) is 23.5 Å². The van der Waals surface area contributed by atoms with Gasteiger partial charge in [0.05, 0.1) is 12.6 Å². The Hall–Kier alpha value is -0.590. The highest BCUT2D eigenvalue weighted by Crippen LogP contribution is 2.31. The molecular formula is C13H21ClN2O3S. The van der Waals surface area contributed by atoms with Crippen LogP contribution >= 0.6 is 10.7 Å². The van der Waals surface area contributed by atoms with Crippen molar-refractivity contribution in [2.24, 2.45) is 5.92 Å². The molecule has 0 amide bonds. The fourth-order valence-corrected chi connectivity index (χ4v) is 3.46. The Bertz CT molecular complexity index is 548. The molecule has 2 rings (SSSR count). The molecule has 1 aliphatic carbocycles. The second-order valence-corrected chi connectivity index (χ2v) is 8.24. The second kappa shape index (κ2) is 6.45. The predicted molar refractivity (Wildman–Crippen MR) is 77.3 cm³/mol. The zero-order valence-corrected chi connectivity index (χ0v) is 13.5. The summed E-state index contributed by atoms with van der Waals surface area (Å²) in [7, 11) is 1.70. The quantitative estimate of drug-likeness (QED) is 0.756. The highest BCUT2D eigenvalue weighted by Gasteiger charge is 2.25. The lowest BCUT2D eigenvalue weighted by Gasteiger charge is -2.09. The van der Waals surface area contributed by atoms with Gasteiger partial charge in [-0.2, -0.15) is 5.10 Å². The van der Waals surface area contributed by atoms with E-state index >= 15 is 0 Å². The first-order valence-electron chi connectivity index (χ1n) is 6.98. The van der Waals surface area contributed by atoms with Crippen LogP contribution in [-0.2, 0) is 20.4 Å². The number of rotatable bonds is 6. The Morgan fingerprint density at radius 1 is 1.45 bits per heavy atom. The molecule has 1 heterocycles. The Kier molecular flexibility index (Phi) is 5.09. The third-order valence-electron chi connectivity index (χ3n) is 3.42. The minimum absolute atomic E-state index is 0.0785. The van der Waals surface area contributed by atoms with Gasteiger partial charge in [0.15, 0.2) is 0 Å². The molecule has 0 spiro atoms. The minimum Gasteiger partial charge on any atom is -0.375 e. The number of ether oxygens (including phenoxy) is 1. The Morgan fingerprint density at radius 2 is 2.10 bits per heavy atom. The maximum absolute atomic E-state index is 11.6. The van der Waals surface area contributed by atoms with Crippen LogP contribution in [-0.4, -0.2) is 24.8 Å². The summed E-state index contributed by atoms with van der Waals surface area (Å²) in [5.74, 6) is 0.392. The summed E-state index contributed by atoms with van der Waals surface area (Å²) < 4.78 is 30.5. The highest BCUT2D eigenvalue weighted by molar-refractivity contribution is 8.13.